The highest BCUT2D eigenvalue weighted by molar-refractivity contribution is 7.10. The van der Waals surface area contributed by atoms with E-state index in [4.69, 9.17) is 17.3 Å². The van der Waals surface area contributed by atoms with Crippen LogP contribution in [0.15, 0.2) is 11.4 Å². The standard InChI is InChI=1S/C11H14ClNOS/c12-8-3-6-15-9(8)7-10(14)11(13)4-1-2-5-11/h3,6H,1-2,4-5,7,13H2. The minimum Gasteiger partial charge on any atom is -0.319 e. The van der Waals surface area contributed by atoms with Gasteiger partial charge in [0.05, 0.1) is 10.6 Å². The SMILES string of the molecule is NC1(C(=O)Cc2sccc2Cl)CCCC1. The van der Waals surface area contributed by atoms with Crippen LogP contribution in [0.4, 0.5) is 0 Å². The Hall–Kier alpha value is -0.380. The van der Waals surface area contributed by atoms with Crippen LogP contribution in [0.5, 0.6) is 0 Å². The smallest absolute Gasteiger partial charge is 0.157 e. The summed E-state index contributed by atoms with van der Waals surface area (Å²) in [6.45, 7) is 0. The van der Waals surface area contributed by atoms with Crippen LogP contribution in [-0.2, 0) is 11.2 Å². The number of Topliss-reactive ketones (excluding diaryl/α,β-unsaturated/α-hetero) is 1. The Bertz CT molecular complexity index is 368. The fourth-order valence-electron chi connectivity index (χ4n) is 2.06. The molecule has 1 heterocycles. The predicted molar refractivity (Wildman–Crippen MR) is 63.4 cm³/mol. The Labute approximate surface area is 98.4 Å². The Kier molecular flexibility index (Phi) is 3.14. The van der Waals surface area contributed by atoms with Crippen LogP contribution in [-0.4, -0.2) is 11.3 Å². The lowest BCUT2D eigenvalue weighted by molar-refractivity contribution is -0.123. The molecule has 2 nitrogen and oxygen atoms in total. The first-order valence-corrected chi connectivity index (χ1v) is 6.42. The highest BCUT2D eigenvalue weighted by Crippen LogP contribution is 2.31. The zero-order valence-corrected chi connectivity index (χ0v) is 10.0. The molecular formula is C11H14ClNOS. The van der Waals surface area contributed by atoms with E-state index in [1.807, 2.05) is 11.4 Å². The third kappa shape index (κ3) is 2.25. The van der Waals surface area contributed by atoms with Gasteiger partial charge in [0.1, 0.15) is 0 Å². The van der Waals surface area contributed by atoms with Crippen molar-refractivity contribution in [3.05, 3.63) is 21.3 Å². The molecule has 0 aromatic carbocycles. The van der Waals surface area contributed by atoms with E-state index in [2.05, 4.69) is 0 Å². The van der Waals surface area contributed by atoms with Crippen molar-refractivity contribution in [2.45, 2.75) is 37.6 Å². The van der Waals surface area contributed by atoms with Crippen LogP contribution in [0.25, 0.3) is 0 Å². The molecular weight excluding hydrogens is 230 g/mol. The monoisotopic (exact) mass is 243 g/mol. The van der Waals surface area contributed by atoms with Crippen molar-refractivity contribution in [2.24, 2.45) is 5.73 Å². The quantitative estimate of drug-likeness (QED) is 0.887. The van der Waals surface area contributed by atoms with Gasteiger partial charge in [0, 0.05) is 11.3 Å². The minimum absolute atomic E-state index is 0.143. The minimum atomic E-state index is -0.576. The molecule has 15 heavy (non-hydrogen) atoms. The fraction of sp³-hybridized carbons (Fsp3) is 0.545. The van der Waals surface area contributed by atoms with Crippen molar-refractivity contribution in [3.8, 4) is 0 Å². The molecule has 0 aliphatic heterocycles. The fourth-order valence-corrected chi connectivity index (χ4v) is 3.16. The molecule has 1 aliphatic carbocycles. The van der Waals surface area contributed by atoms with E-state index in [1.165, 1.54) is 11.3 Å². The van der Waals surface area contributed by atoms with Gasteiger partial charge in [-0.25, -0.2) is 0 Å². The lowest BCUT2D eigenvalue weighted by atomic mass is 9.91. The summed E-state index contributed by atoms with van der Waals surface area (Å²) in [5.41, 5.74) is 5.51. The van der Waals surface area contributed by atoms with Crippen molar-refractivity contribution in [3.63, 3.8) is 0 Å². The first kappa shape index (κ1) is 11.1. The van der Waals surface area contributed by atoms with Crippen molar-refractivity contribution >= 4 is 28.7 Å². The third-order valence-corrected chi connectivity index (χ3v) is 4.45. The summed E-state index contributed by atoms with van der Waals surface area (Å²) in [6.07, 6.45) is 4.19. The third-order valence-electron chi connectivity index (χ3n) is 3.06. The summed E-state index contributed by atoms with van der Waals surface area (Å²) >= 11 is 7.48. The summed E-state index contributed by atoms with van der Waals surface area (Å²) in [5, 5.41) is 2.60. The summed E-state index contributed by atoms with van der Waals surface area (Å²) in [6, 6.07) is 1.83. The molecule has 0 bridgehead atoms. The Morgan fingerprint density at radius 2 is 2.20 bits per heavy atom. The van der Waals surface area contributed by atoms with Gasteiger partial charge >= 0.3 is 0 Å². The number of carbonyl (C=O) groups excluding carboxylic acids is 1. The highest BCUT2D eigenvalue weighted by Gasteiger charge is 2.36. The molecule has 0 spiro atoms. The molecule has 1 aromatic heterocycles. The molecule has 0 amide bonds. The number of hydrogen-bond acceptors (Lipinski definition) is 3. The number of carbonyl (C=O) groups is 1. The molecule has 0 radical (unpaired) electrons. The Morgan fingerprint density at radius 1 is 1.53 bits per heavy atom. The zero-order valence-electron chi connectivity index (χ0n) is 8.46. The maximum absolute atomic E-state index is 12.0. The van der Waals surface area contributed by atoms with Crippen LogP contribution in [0.1, 0.15) is 30.6 Å². The lowest BCUT2D eigenvalue weighted by Gasteiger charge is -2.21. The lowest BCUT2D eigenvalue weighted by Crippen LogP contribution is -2.46. The predicted octanol–water partition coefficient (Wildman–Crippen LogP) is 2.78. The largest absolute Gasteiger partial charge is 0.319 e. The van der Waals surface area contributed by atoms with E-state index < -0.39 is 5.54 Å². The Balaban J connectivity index is 2.07. The van der Waals surface area contributed by atoms with Crippen LogP contribution in [0.2, 0.25) is 5.02 Å². The molecule has 2 rings (SSSR count). The van der Waals surface area contributed by atoms with Crippen LogP contribution in [0, 0.1) is 0 Å². The van der Waals surface area contributed by atoms with Gasteiger partial charge in [0.15, 0.2) is 5.78 Å². The average Bonchev–Trinajstić information content (AvgIpc) is 2.78. The van der Waals surface area contributed by atoms with Gasteiger partial charge in [-0.2, -0.15) is 0 Å². The van der Waals surface area contributed by atoms with Gasteiger partial charge in [0.2, 0.25) is 0 Å². The number of halogens is 1. The second-order valence-electron chi connectivity index (χ2n) is 4.15. The van der Waals surface area contributed by atoms with Crippen molar-refractivity contribution in [2.75, 3.05) is 0 Å². The normalized spacial score (nSPS) is 19.3. The van der Waals surface area contributed by atoms with E-state index in [1.54, 1.807) is 0 Å². The van der Waals surface area contributed by atoms with E-state index >= 15 is 0 Å². The maximum Gasteiger partial charge on any atom is 0.157 e. The van der Waals surface area contributed by atoms with E-state index in [0.29, 0.717) is 11.4 Å². The number of rotatable bonds is 3. The average molecular weight is 244 g/mol. The molecule has 4 heteroatoms. The molecule has 0 atom stereocenters. The summed E-state index contributed by atoms with van der Waals surface area (Å²) < 4.78 is 0. The van der Waals surface area contributed by atoms with E-state index in [0.717, 1.165) is 30.6 Å². The molecule has 82 valence electrons. The van der Waals surface area contributed by atoms with Crippen LogP contribution >= 0.6 is 22.9 Å². The first-order valence-electron chi connectivity index (χ1n) is 5.16. The number of ketones is 1. The number of thiophene rings is 1. The number of hydrogen-bond donors (Lipinski definition) is 1. The first-order chi connectivity index (χ1) is 7.12. The molecule has 0 unspecified atom stereocenters. The summed E-state index contributed by atoms with van der Waals surface area (Å²) in [5.74, 6) is 0.143. The molecule has 0 saturated heterocycles. The van der Waals surface area contributed by atoms with Gasteiger partial charge in [-0.1, -0.05) is 24.4 Å². The van der Waals surface area contributed by atoms with Gasteiger partial charge in [-0.05, 0) is 24.3 Å². The van der Waals surface area contributed by atoms with Crippen molar-refractivity contribution in [1.29, 1.82) is 0 Å². The van der Waals surface area contributed by atoms with E-state index in [9.17, 15) is 4.79 Å². The second-order valence-corrected chi connectivity index (χ2v) is 5.56. The Morgan fingerprint density at radius 3 is 2.73 bits per heavy atom. The van der Waals surface area contributed by atoms with Crippen LogP contribution in [0.3, 0.4) is 0 Å². The molecule has 1 saturated carbocycles. The maximum atomic E-state index is 12.0. The molecule has 1 aromatic rings. The van der Waals surface area contributed by atoms with Gasteiger partial charge in [0.25, 0.3) is 0 Å². The van der Waals surface area contributed by atoms with E-state index in [-0.39, 0.29) is 5.78 Å². The van der Waals surface area contributed by atoms with Crippen molar-refractivity contribution < 1.29 is 4.79 Å². The molecule has 2 N–H and O–H groups in total. The topological polar surface area (TPSA) is 43.1 Å². The number of nitrogens with two attached hydrogens (primary N) is 1. The van der Waals surface area contributed by atoms with Crippen LogP contribution < -0.4 is 5.73 Å². The summed E-state index contributed by atoms with van der Waals surface area (Å²) in [7, 11) is 0. The molecule has 1 aliphatic rings. The summed E-state index contributed by atoms with van der Waals surface area (Å²) in [4.78, 5) is 13.0. The molecule has 1 fully saturated rings. The van der Waals surface area contributed by atoms with Gasteiger partial charge < -0.3 is 5.73 Å². The highest BCUT2D eigenvalue weighted by atomic mass is 35.5. The van der Waals surface area contributed by atoms with Crippen molar-refractivity contribution in [1.82, 2.24) is 0 Å². The van der Waals surface area contributed by atoms with Gasteiger partial charge in [-0.15, -0.1) is 11.3 Å². The van der Waals surface area contributed by atoms with Gasteiger partial charge in [-0.3, -0.25) is 4.79 Å². The zero-order chi connectivity index (χ0) is 10.9. The second kappa shape index (κ2) is 4.24.